The summed E-state index contributed by atoms with van der Waals surface area (Å²) < 4.78 is 5.25. The minimum Gasteiger partial charge on any atom is -0.477 e. The van der Waals surface area contributed by atoms with Crippen LogP contribution in [0.1, 0.15) is 49.5 Å². The van der Waals surface area contributed by atoms with E-state index in [0.717, 1.165) is 12.8 Å². The monoisotopic (exact) mass is 251 g/mol. The SMILES string of the molecule is CCOc1cc(C(=O)N(C)C2CCCCC2)[nH]n1. The third-order valence-corrected chi connectivity index (χ3v) is 3.52. The van der Waals surface area contributed by atoms with Crippen molar-refractivity contribution in [1.82, 2.24) is 15.1 Å². The van der Waals surface area contributed by atoms with Crippen LogP contribution in [0.4, 0.5) is 0 Å². The summed E-state index contributed by atoms with van der Waals surface area (Å²) in [7, 11) is 1.87. The molecule has 1 amide bonds. The standard InChI is InChI=1S/C13H21N3O2/c1-3-18-12-9-11(14-15-12)13(17)16(2)10-7-5-4-6-8-10/h9-10H,3-8H2,1-2H3,(H,14,15). The maximum atomic E-state index is 12.3. The van der Waals surface area contributed by atoms with Gasteiger partial charge in [0.1, 0.15) is 5.69 Å². The average Bonchev–Trinajstić information content (AvgIpc) is 2.87. The molecule has 1 aliphatic carbocycles. The lowest BCUT2D eigenvalue weighted by molar-refractivity contribution is 0.0690. The van der Waals surface area contributed by atoms with E-state index in [9.17, 15) is 4.79 Å². The van der Waals surface area contributed by atoms with Crippen LogP contribution in [0.3, 0.4) is 0 Å². The highest BCUT2D eigenvalue weighted by Gasteiger charge is 2.24. The van der Waals surface area contributed by atoms with Crippen molar-refractivity contribution in [3.8, 4) is 5.88 Å². The Bertz CT molecular complexity index is 397. The van der Waals surface area contributed by atoms with Crippen LogP contribution in [0.25, 0.3) is 0 Å². The van der Waals surface area contributed by atoms with Crippen LogP contribution in [0, 0.1) is 0 Å². The molecular formula is C13H21N3O2. The number of rotatable bonds is 4. The molecule has 0 atom stereocenters. The minimum absolute atomic E-state index is 0.000327. The number of aromatic amines is 1. The highest BCUT2D eigenvalue weighted by molar-refractivity contribution is 5.92. The highest BCUT2D eigenvalue weighted by atomic mass is 16.5. The smallest absolute Gasteiger partial charge is 0.271 e. The zero-order chi connectivity index (χ0) is 13.0. The summed E-state index contributed by atoms with van der Waals surface area (Å²) in [4.78, 5) is 14.1. The molecule has 0 aromatic carbocycles. The van der Waals surface area contributed by atoms with Gasteiger partial charge >= 0.3 is 0 Å². The summed E-state index contributed by atoms with van der Waals surface area (Å²) in [6.45, 7) is 2.45. The highest BCUT2D eigenvalue weighted by Crippen LogP contribution is 2.23. The molecule has 0 aliphatic heterocycles. The van der Waals surface area contributed by atoms with Gasteiger partial charge in [-0.1, -0.05) is 19.3 Å². The second kappa shape index (κ2) is 5.89. The first kappa shape index (κ1) is 12.9. The van der Waals surface area contributed by atoms with E-state index < -0.39 is 0 Å². The first-order valence-corrected chi connectivity index (χ1v) is 6.67. The van der Waals surface area contributed by atoms with Gasteiger partial charge in [0.15, 0.2) is 0 Å². The molecular weight excluding hydrogens is 230 g/mol. The predicted octanol–water partition coefficient (Wildman–Crippen LogP) is 2.21. The summed E-state index contributed by atoms with van der Waals surface area (Å²) in [6, 6.07) is 2.04. The molecule has 1 fully saturated rings. The van der Waals surface area contributed by atoms with Crippen LogP contribution in [-0.4, -0.2) is 40.7 Å². The Morgan fingerprint density at radius 2 is 2.22 bits per heavy atom. The van der Waals surface area contributed by atoms with Crippen molar-refractivity contribution in [2.24, 2.45) is 0 Å². The number of carbonyl (C=O) groups is 1. The lowest BCUT2D eigenvalue weighted by atomic mass is 9.94. The molecule has 0 bridgehead atoms. The fourth-order valence-corrected chi connectivity index (χ4v) is 2.46. The van der Waals surface area contributed by atoms with E-state index in [1.807, 2.05) is 18.9 Å². The Labute approximate surface area is 108 Å². The maximum absolute atomic E-state index is 12.3. The molecule has 0 saturated heterocycles. The maximum Gasteiger partial charge on any atom is 0.271 e. The van der Waals surface area contributed by atoms with Crippen LogP contribution < -0.4 is 4.74 Å². The molecule has 1 aromatic rings. The van der Waals surface area contributed by atoms with Crippen LogP contribution in [0.5, 0.6) is 5.88 Å². The molecule has 1 aromatic heterocycles. The van der Waals surface area contributed by atoms with Crippen molar-refractivity contribution >= 4 is 5.91 Å². The van der Waals surface area contributed by atoms with Crippen molar-refractivity contribution in [1.29, 1.82) is 0 Å². The van der Waals surface area contributed by atoms with Crippen LogP contribution in [0.15, 0.2) is 6.07 Å². The lowest BCUT2D eigenvalue weighted by Crippen LogP contribution is -2.38. The Kier molecular flexibility index (Phi) is 4.23. The molecule has 1 heterocycles. The number of aromatic nitrogens is 2. The van der Waals surface area contributed by atoms with Crippen LogP contribution in [-0.2, 0) is 0 Å². The lowest BCUT2D eigenvalue weighted by Gasteiger charge is -2.30. The van der Waals surface area contributed by atoms with Crippen molar-refractivity contribution in [2.75, 3.05) is 13.7 Å². The Hall–Kier alpha value is -1.52. The molecule has 5 nitrogen and oxygen atoms in total. The van der Waals surface area contributed by atoms with Crippen LogP contribution in [0.2, 0.25) is 0 Å². The van der Waals surface area contributed by atoms with Crippen molar-refractivity contribution < 1.29 is 9.53 Å². The molecule has 1 saturated carbocycles. The Morgan fingerprint density at radius 3 is 2.89 bits per heavy atom. The van der Waals surface area contributed by atoms with E-state index in [1.54, 1.807) is 6.07 Å². The van der Waals surface area contributed by atoms with E-state index in [-0.39, 0.29) is 5.91 Å². The Morgan fingerprint density at radius 1 is 1.50 bits per heavy atom. The fourth-order valence-electron chi connectivity index (χ4n) is 2.46. The number of H-pyrrole nitrogens is 1. The van der Waals surface area contributed by atoms with E-state index in [2.05, 4.69) is 10.2 Å². The topological polar surface area (TPSA) is 58.2 Å². The van der Waals surface area contributed by atoms with Crippen LogP contribution >= 0.6 is 0 Å². The molecule has 1 aliphatic rings. The number of ether oxygens (including phenoxy) is 1. The molecule has 5 heteroatoms. The van der Waals surface area contributed by atoms with E-state index in [0.29, 0.717) is 24.2 Å². The fraction of sp³-hybridized carbons (Fsp3) is 0.692. The number of hydrogen-bond acceptors (Lipinski definition) is 3. The minimum atomic E-state index is 0.000327. The summed E-state index contributed by atoms with van der Waals surface area (Å²) in [5.41, 5.74) is 0.506. The summed E-state index contributed by atoms with van der Waals surface area (Å²) in [5.74, 6) is 0.484. The third kappa shape index (κ3) is 2.83. The molecule has 100 valence electrons. The summed E-state index contributed by atoms with van der Waals surface area (Å²) in [5, 5.41) is 6.70. The Balaban J connectivity index is 2.00. The van der Waals surface area contributed by atoms with E-state index in [1.165, 1.54) is 19.3 Å². The number of hydrogen-bond donors (Lipinski definition) is 1. The zero-order valence-electron chi connectivity index (χ0n) is 11.1. The van der Waals surface area contributed by atoms with Crippen molar-refractivity contribution in [2.45, 2.75) is 45.1 Å². The number of carbonyl (C=O) groups excluding carboxylic acids is 1. The molecule has 0 unspecified atom stereocenters. The second-order valence-electron chi connectivity index (χ2n) is 4.76. The normalized spacial score (nSPS) is 16.6. The van der Waals surface area contributed by atoms with Crippen molar-refractivity contribution in [3.05, 3.63) is 11.8 Å². The third-order valence-electron chi connectivity index (χ3n) is 3.52. The zero-order valence-corrected chi connectivity index (χ0v) is 11.1. The van der Waals surface area contributed by atoms with Gasteiger partial charge in [-0.2, -0.15) is 0 Å². The molecule has 0 spiro atoms. The van der Waals surface area contributed by atoms with Gasteiger partial charge in [-0.05, 0) is 19.8 Å². The molecule has 2 rings (SSSR count). The first-order valence-electron chi connectivity index (χ1n) is 6.67. The summed E-state index contributed by atoms with van der Waals surface area (Å²) in [6.07, 6.45) is 5.94. The number of amides is 1. The van der Waals surface area contributed by atoms with Gasteiger partial charge in [0.25, 0.3) is 5.91 Å². The second-order valence-corrected chi connectivity index (χ2v) is 4.76. The van der Waals surface area contributed by atoms with Gasteiger partial charge in [0.2, 0.25) is 5.88 Å². The molecule has 1 N–H and O–H groups in total. The van der Waals surface area contributed by atoms with Gasteiger partial charge in [0.05, 0.1) is 6.61 Å². The number of nitrogens with one attached hydrogen (secondary N) is 1. The quantitative estimate of drug-likeness (QED) is 0.892. The molecule has 0 radical (unpaired) electrons. The van der Waals surface area contributed by atoms with Gasteiger partial charge in [-0.15, -0.1) is 5.10 Å². The number of nitrogens with zero attached hydrogens (tertiary/aromatic N) is 2. The van der Waals surface area contributed by atoms with Gasteiger partial charge in [-0.3, -0.25) is 9.89 Å². The first-order chi connectivity index (χ1) is 8.72. The summed E-state index contributed by atoms with van der Waals surface area (Å²) >= 11 is 0. The molecule has 18 heavy (non-hydrogen) atoms. The predicted molar refractivity (Wildman–Crippen MR) is 68.7 cm³/mol. The average molecular weight is 251 g/mol. The van der Waals surface area contributed by atoms with Crippen molar-refractivity contribution in [3.63, 3.8) is 0 Å². The van der Waals surface area contributed by atoms with Gasteiger partial charge in [-0.25, -0.2) is 0 Å². The van der Waals surface area contributed by atoms with Gasteiger partial charge < -0.3 is 9.64 Å². The van der Waals surface area contributed by atoms with E-state index in [4.69, 9.17) is 4.74 Å². The van der Waals surface area contributed by atoms with E-state index >= 15 is 0 Å². The van der Waals surface area contributed by atoms with Gasteiger partial charge in [0, 0.05) is 19.2 Å². The largest absolute Gasteiger partial charge is 0.477 e.